The molecule has 0 saturated heterocycles. The second-order valence-corrected chi connectivity index (χ2v) is 4.72. The second kappa shape index (κ2) is 4.71. The van der Waals surface area contributed by atoms with Crippen LogP contribution in [0.4, 0.5) is 0 Å². The molecule has 0 aliphatic carbocycles. The van der Waals surface area contributed by atoms with Gasteiger partial charge in [0.05, 0.1) is 6.61 Å². The fourth-order valence-electron chi connectivity index (χ4n) is 1.50. The van der Waals surface area contributed by atoms with Crippen LogP contribution in [0, 0.1) is 5.92 Å². The van der Waals surface area contributed by atoms with Crippen molar-refractivity contribution in [3.05, 3.63) is 45.3 Å². The van der Waals surface area contributed by atoms with Gasteiger partial charge in [-0.05, 0) is 0 Å². The molecule has 0 bridgehead atoms. The molecule has 2 rings (SSSR count). The summed E-state index contributed by atoms with van der Waals surface area (Å²) in [4.78, 5) is 24.6. The number of aromatic nitrogens is 2. The Kier molecular flexibility index (Phi) is 3.31. The standard InChI is InChI=1S/C10H12N2O3S/c13-5-7-1-2-9(16-6-7)12-4-3-8(14)11-10(12)15/h1-4,7,9,13H,5-6H2,(H,11,14,15)/t7-,9-/m1/s1. The fraction of sp³-hybridized carbons (Fsp3) is 0.400. The van der Waals surface area contributed by atoms with E-state index in [0.717, 1.165) is 5.75 Å². The predicted molar refractivity (Wildman–Crippen MR) is 62.5 cm³/mol. The summed E-state index contributed by atoms with van der Waals surface area (Å²) >= 11 is 1.56. The van der Waals surface area contributed by atoms with Crippen LogP contribution in [0.2, 0.25) is 0 Å². The Balaban J connectivity index is 2.26. The topological polar surface area (TPSA) is 75.1 Å². The summed E-state index contributed by atoms with van der Waals surface area (Å²) in [6.07, 6.45) is 5.26. The Hall–Kier alpha value is -1.27. The molecule has 0 amide bonds. The molecule has 5 nitrogen and oxygen atoms in total. The number of aliphatic hydroxyl groups excluding tert-OH is 1. The molecule has 86 valence electrons. The molecule has 2 N–H and O–H groups in total. The maximum absolute atomic E-state index is 11.5. The highest BCUT2D eigenvalue weighted by molar-refractivity contribution is 7.99. The predicted octanol–water partition coefficient (Wildman–Crippen LogP) is -0.0533. The number of thioether (sulfide) groups is 1. The number of rotatable bonds is 2. The van der Waals surface area contributed by atoms with Gasteiger partial charge in [0, 0.05) is 23.9 Å². The van der Waals surface area contributed by atoms with Crippen LogP contribution in [-0.4, -0.2) is 27.0 Å². The van der Waals surface area contributed by atoms with Crippen LogP contribution in [0.25, 0.3) is 0 Å². The third-order valence-corrected chi connectivity index (χ3v) is 3.74. The van der Waals surface area contributed by atoms with Crippen LogP contribution in [0.1, 0.15) is 5.37 Å². The zero-order valence-corrected chi connectivity index (χ0v) is 9.31. The first-order chi connectivity index (χ1) is 7.70. The van der Waals surface area contributed by atoms with E-state index in [1.165, 1.54) is 16.8 Å². The normalized spacial score (nSPS) is 24.6. The lowest BCUT2D eigenvalue weighted by atomic mass is 10.2. The van der Waals surface area contributed by atoms with Crippen LogP contribution in [0.15, 0.2) is 34.0 Å². The van der Waals surface area contributed by atoms with Gasteiger partial charge in [0.1, 0.15) is 5.37 Å². The molecule has 6 heteroatoms. The lowest BCUT2D eigenvalue weighted by molar-refractivity contribution is 0.263. The van der Waals surface area contributed by atoms with Gasteiger partial charge in [0.2, 0.25) is 0 Å². The van der Waals surface area contributed by atoms with Gasteiger partial charge in [-0.1, -0.05) is 12.2 Å². The van der Waals surface area contributed by atoms with E-state index in [9.17, 15) is 9.59 Å². The highest BCUT2D eigenvalue weighted by atomic mass is 32.2. The smallest absolute Gasteiger partial charge is 0.329 e. The van der Waals surface area contributed by atoms with Crippen LogP contribution in [-0.2, 0) is 0 Å². The molecule has 16 heavy (non-hydrogen) atoms. The SMILES string of the molecule is O=c1ccn([C@H]2C=C[C@H](CO)CS2)c(=O)[nH]1. The summed E-state index contributed by atoms with van der Waals surface area (Å²) in [5, 5.41) is 8.85. The first-order valence-electron chi connectivity index (χ1n) is 4.93. The van der Waals surface area contributed by atoms with Gasteiger partial charge in [-0.25, -0.2) is 4.79 Å². The van der Waals surface area contributed by atoms with Crippen LogP contribution in [0.3, 0.4) is 0 Å². The van der Waals surface area contributed by atoms with E-state index in [1.54, 1.807) is 11.8 Å². The lowest BCUT2D eigenvalue weighted by Gasteiger charge is -2.22. The van der Waals surface area contributed by atoms with Gasteiger partial charge < -0.3 is 5.11 Å². The number of nitrogens with zero attached hydrogens (tertiary/aromatic N) is 1. The van der Waals surface area contributed by atoms with Gasteiger partial charge >= 0.3 is 5.69 Å². The minimum Gasteiger partial charge on any atom is -0.396 e. The highest BCUT2D eigenvalue weighted by Crippen LogP contribution is 2.29. The second-order valence-electron chi connectivity index (χ2n) is 3.57. The number of aromatic amines is 1. The molecular weight excluding hydrogens is 228 g/mol. The minimum atomic E-state index is -0.405. The van der Waals surface area contributed by atoms with Gasteiger partial charge in [-0.3, -0.25) is 14.3 Å². The van der Waals surface area contributed by atoms with Gasteiger partial charge in [0.15, 0.2) is 0 Å². The minimum absolute atomic E-state index is 0.104. The fourth-order valence-corrected chi connectivity index (χ4v) is 2.69. The van der Waals surface area contributed by atoms with E-state index >= 15 is 0 Å². The largest absolute Gasteiger partial charge is 0.396 e. The van der Waals surface area contributed by atoms with Crippen molar-refractivity contribution in [3.63, 3.8) is 0 Å². The van der Waals surface area contributed by atoms with Gasteiger partial charge in [-0.15, -0.1) is 11.8 Å². The van der Waals surface area contributed by atoms with E-state index in [1.807, 2.05) is 12.2 Å². The van der Waals surface area contributed by atoms with Crippen LogP contribution < -0.4 is 11.2 Å². The van der Waals surface area contributed by atoms with E-state index < -0.39 is 5.69 Å². The first kappa shape index (κ1) is 11.2. The summed E-state index contributed by atoms with van der Waals surface area (Å²) in [5.41, 5.74) is -0.795. The molecule has 1 aromatic rings. The van der Waals surface area contributed by atoms with Crippen molar-refractivity contribution >= 4 is 11.8 Å². The summed E-state index contributed by atoms with van der Waals surface area (Å²) in [5.74, 6) is 0.920. The Morgan fingerprint density at radius 2 is 2.31 bits per heavy atom. The Morgan fingerprint density at radius 1 is 1.50 bits per heavy atom. The molecule has 0 spiro atoms. The number of H-pyrrole nitrogens is 1. The van der Waals surface area contributed by atoms with Crippen molar-refractivity contribution in [2.45, 2.75) is 5.37 Å². The Morgan fingerprint density at radius 3 is 2.88 bits per heavy atom. The number of hydrogen-bond donors (Lipinski definition) is 2. The molecule has 0 unspecified atom stereocenters. The monoisotopic (exact) mass is 240 g/mol. The Labute approximate surface area is 95.8 Å². The van der Waals surface area contributed by atoms with Crippen LogP contribution >= 0.6 is 11.8 Å². The van der Waals surface area contributed by atoms with E-state index in [0.29, 0.717) is 0 Å². The maximum atomic E-state index is 11.5. The van der Waals surface area contributed by atoms with E-state index in [-0.39, 0.29) is 23.5 Å². The zero-order valence-electron chi connectivity index (χ0n) is 8.50. The molecule has 0 aromatic carbocycles. The van der Waals surface area contributed by atoms with Crippen molar-refractivity contribution in [1.82, 2.24) is 9.55 Å². The maximum Gasteiger partial charge on any atom is 0.329 e. The first-order valence-corrected chi connectivity index (χ1v) is 5.98. The van der Waals surface area contributed by atoms with Crippen molar-refractivity contribution < 1.29 is 5.11 Å². The molecule has 1 aliphatic rings. The van der Waals surface area contributed by atoms with E-state index in [2.05, 4.69) is 4.98 Å². The third-order valence-electron chi connectivity index (χ3n) is 2.39. The van der Waals surface area contributed by atoms with Crippen molar-refractivity contribution in [1.29, 1.82) is 0 Å². The average molecular weight is 240 g/mol. The molecular formula is C10H12N2O3S. The summed E-state index contributed by atoms with van der Waals surface area (Å²) in [6.45, 7) is 0.122. The molecule has 0 saturated carbocycles. The molecule has 0 radical (unpaired) electrons. The molecule has 0 fully saturated rings. The highest BCUT2D eigenvalue weighted by Gasteiger charge is 2.17. The molecule has 2 atom stereocenters. The quantitative estimate of drug-likeness (QED) is 0.711. The van der Waals surface area contributed by atoms with Gasteiger partial charge in [0.25, 0.3) is 5.56 Å². The molecule has 2 heterocycles. The lowest BCUT2D eigenvalue weighted by Crippen LogP contribution is -2.31. The number of nitrogens with one attached hydrogen (secondary N) is 1. The summed E-state index contributed by atoms with van der Waals surface area (Å²) < 4.78 is 1.47. The third kappa shape index (κ3) is 2.28. The summed E-state index contributed by atoms with van der Waals surface area (Å²) in [6, 6.07) is 1.33. The Bertz CT molecular complexity index is 505. The van der Waals surface area contributed by atoms with Gasteiger partial charge in [-0.2, -0.15) is 0 Å². The number of hydrogen-bond acceptors (Lipinski definition) is 4. The van der Waals surface area contributed by atoms with Crippen molar-refractivity contribution in [2.24, 2.45) is 5.92 Å². The van der Waals surface area contributed by atoms with Crippen molar-refractivity contribution in [3.8, 4) is 0 Å². The molecule has 1 aliphatic heterocycles. The number of aliphatic hydroxyl groups is 1. The zero-order chi connectivity index (χ0) is 11.5. The van der Waals surface area contributed by atoms with Crippen molar-refractivity contribution in [2.75, 3.05) is 12.4 Å². The molecule has 1 aromatic heterocycles. The summed E-state index contributed by atoms with van der Waals surface area (Å²) in [7, 11) is 0. The average Bonchev–Trinajstić information content (AvgIpc) is 2.29. The van der Waals surface area contributed by atoms with E-state index in [4.69, 9.17) is 5.11 Å². The van der Waals surface area contributed by atoms with Crippen LogP contribution in [0.5, 0.6) is 0 Å².